The van der Waals surface area contributed by atoms with E-state index in [2.05, 4.69) is 41.3 Å². The molecule has 2 aromatic rings. The Morgan fingerprint density at radius 3 is 2.33 bits per heavy atom. The van der Waals surface area contributed by atoms with Crippen LogP contribution in [0.4, 0.5) is 0 Å². The van der Waals surface area contributed by atoms with Gasteiger partial charge in [-0.15, -0.1) is 0 Å². The second kappa shape index (κ2) is 3.05. The highest BCUT2D eigenvalue weighted by Crippen LogP contribution is 2.22. The average molecular weight is 203 g/mol. The molecule has 15 heavy (non-hydrogen) atoms. The zero-order chi connectivity index (χ0) is 11.2. The normalized spacial score (nSPS) is 12.3. The number of aromatic nitrogens is 3. The topological polar surface area (TPSA) is 30.2 Å². The van der Waals surface area contributed by atoms with Crippen LogP contribution in [0.15, 0.2) is 12.4 Å². The van der Waals surface area contributed by atoms with E-state index in [-0.39, 0.29) is 5.41 Å². The summed E-state index contributed by atoms with van der Waals surface area (Å²) in [5.41, 5.74) is 4.18. The van der Waals surface area contributed by atoms with Crippen molar-refractivity contribution in [1.29, 1.82) is 0 Å². The molecule has 0 radical (unpaired) electrons. The Labute approximate surface area is 90.2 Å². The van der Waals surface area contributed by atoms with E-state index in [1.165, 1.54) is 0 Å². The molecule has 80 valence electrons. The molecule has 3 heteroatoms. The molecule has 0 aliphatic heterocycles. The van der Waals surface area contributed by atoms with Gasteiger partial charge in [0, 0.05) is 17.8 Å². The van der Waals surface area contributed by atoms with Gasteiger partial charge in [-0.1, -0.05) is 20.8 Å². The molecule has 0 amide bonds. The van der Waals surface area contributed by atoms with Crippen LogP contribution in [0, 0.1) is 13.8 Å². The summed E-state index contributed by atoms with van der Waals surface area (Å²) in [6.07, 6.45) is 4.11. The van der Waals surface area contributed by atoms with Gasteiger partial charge < -0.3 is 4.40 Å². The molecule has 0 unspecified atom stereocenters. The van der Waals surface area contributed by atoms with Crippen molar-refractivity contribution in [1.82, 2.24) is 14.4 Å². The summed E-state index contributed by atoms with van der Waals surface area (Å²) in [7, 11) is 0. The lowest BCUT2D eigenvalue weighted by molar-refractivity contribution is 0.573. The summed E-state index contributed by atoms with van der Waals surface area (Å²) in [6.45, 7) is 10.5. The van der Waals surface area contributed by atoms with Crippen LogP contribution in [0.25, 0.3) is 5.65 Å². The SMILES string of the molecule is Cc1cn2cc(C(C)(C)C)nc2c(C)n1. The number of hydrogen-bond donors (Lipinski definition) is 0. The van der Waals surface area contributed by atoms with Gasteiger partial charge >= 0.3 is 0 Å². The molecule has 0 saturated carbocycles. The fourth-order valence-corrected chi connectivity index (χ4v) is 1.67. The van der Waals surface area contributed by atoms with Crippen molar-refractivity contribution in [2.24, 2.45) is 0 Å². The second-order valence-corrected chi connectivity index (χ2v) is 5.07. The summed E-state index contributed by atoms with van der Waals surface area (Å²) in [6, 6.07) is 0. The van der Waals surface area contributed by atoms with Gasteiger partial charge in [-0.05, 0) is 13.8 Å². The van der Waals surface area contributed by atoms with Crippen molar-refractivity contribution < 1.29 is 0 Å². The average Bonchev–Trinajstić information content (AvgIpc) is 2.46. The Bertz CT molecular complexity index is 503. The third-order valence-corrected chi connectivity index (χ3v) is 2.49. The first kappa shape index (κ1) is 10.1. The number of rotatable bonds is 0. The zero-order valence-corrected chi connectivity index (χ0v) is 10.00. The Morgan fingerprint density at radius 1 is 1.07 bits per heavy atom. The summed E-state index contributed by atoms with van der Waals surface area (Å²) >= 11 is 0. The molecule has 0 aliphatic rings. The molecule has 2 heterocycles. The van der Waals surface area contributed by atoms with E-state index in [0.717, 1.165) is 22.7 Å². The van der Waals surface area contributed by atoms with Crippen LogP contribution in [0.5, 0.6) is 0 Å². The molecule has 2 aromatic heterocycles. The largest absolute Gasteiger partial charge is 0.303 e. The quantitative estimate of drug-likeness (QED) is 0.659. The molecule has 0 fully saturated rings. The summed E-state index contributed by atoms with van der Waals surface area (Å²) in [5.74, 6) is 0. The van der Waals surface area contributed by atoms with Crippen LogP contribution < -0.4 is 0 Å². The molecule has 0 aliphatic carbocycles. The van der Waals surface area contributed by atoms with Crippen LogP contribution in [-0.4, -0.2) is 14.4 Å². The lowest BCUT2D eigenvalue weighted by atomic mass is 9.93. The second-order valence-electron chi connectivity index (χ2n) is 5.07. The minimum Gasteiger partial charge on any atom is -0.303 e. The fourth-order valence-electron chi connectivity index (χ4n) is 1.67. The lowest BCUT2D eigenvalue weighted by Gasteiger charge is -2.13. The van der Waals surface area contributed by atoms with Crippen LogP contribution in [0.1, 0.15) is 37.9 Å². The van der Waals surface area contributed by atoms with Crippen LogP contribution in [-0.2, 0) is 5.41 Å². The molecule has 3 nitrogen and oxygen atoms in total. The van der Waals surface area contributed by atoms with Gasteiger partial charge in [-0.3, -0.25) is 4.98 Å². The van der Waals surface area contributed by atoms with E-state index >= 15 is 0 Å². The van der Waals surface area contributed by atoms with Crippen LogP contribution >= 0.6 is 0 Å². The maximum atomic E-state index is 4.63. The first-order valence-corrected chi connectivity index (χ1v) is 5.21. The van der Waals surface area contributed by atoms with Gasteiger partial charge in [0.15, 0.2) is 5.65 Å². The van der Waals surface area contributed by atoms with E-state index in [1.54, 1.807) is 0 Å². The Balaban J connectivity index is 2.71. The third-order valence-electron chi connectivity index (χ3n) is 2.49. The van der Waals surface area contributed by atoms with Crippen molar-refractivity contribution in [3.05, 3.63) is 29.5 Å². The van der Waals surface area contributed by atoms with E-state index < -0.39 is 0 Å². The summed E-state index contributed by atoms with van der Waals surface area (Å²) < 4.78 is 2.07. The number of aryl methyl sites for hydroxylation is 2. The van der Waals surface area contributed by atoms with E-state index in [0.29, 0.717) is 0 Å². The minimum atomic E-state index is 0.0896. The third kappa shape index (κ3) is 1.74. The van der Waals surface area contributed by atoms with E-state index in [9.17, 15) is 0 Å². The van der Waals surface area contributed by atoms with Gasteiger partial charge in [0.05, 0.1) is 17.1 Å². The summed E-state index contributed by atoms with van der Waals surface area (Å²) in [5, 5.41) is 0. The Morgan fingerprint density at radius 2 is 1.73 bits per heavy atom. The molecular weight excluding hydrogens is 186 g/mol. The van der Waals surface area contributed by atoms with Gasteiger partial charge in [0.1, 0.15) is 0 Å². The van der Waals surface area contributed by atoms with Crippen molar-refractivity contribution in [3.63, 3.8) is 0 Å². The highest BCUT2D eigenvalue weighted by atomic mass is 15.0. The fraction of sp³-hybridized carbons (Fsp3) is 0.500. The summed E-state index contributed by atoms with van der Waals surface area (Å²) in [4.78, 5) is 9.04. The lowest BCUT2D eigenvalue weighted by Crippen LogP contribution is -2.11. The molecule has 0 N–H and O–H groups in total. The van der Waals surface area contributed by atoms with Crippen molar-refractivity contribution in [2.45, 2.75) is 40.0 Å². The molecule has 0 aromatic carbocycles. The van der Waals surface area contributed by atoms with Crippen molar-refractivity contribution in [3.8, 4) is 0 Å². The number of hydrogen-bond acceptors (Lipinski definition) is 2. The molecule has 0 spiro atoms. The number of imidazole rings is 1. The van der Waals surface area contributed by atoms with Crippen molar-refractivity contribution >= 4 is 5.65 Å². The zero-order valence-electron chi connectivity index (χ0n) is 10.00. The number of nitrogens with zero attached hydrogens (tertiary/aromatic N) is 3. The molecule has 2 rings (SSSR count). The maximum Gasteiger partial charge on any atom is 0.158 e. The molecule has 0 saturated heterocycles. The van der Waals surface area contributed by atoms with Crippen LogP contribution in [0.2, 0.25) is 0 Å². The van der Waals surface area contributed by atoms with Gasteiger partial charge in [-0.25, -0.2) is 4.98 Å². The highest BCUT2D eigenvalue weighted by Gasteiger charge is 2.18. The smallest absolute Gasteiger partial charge is 0.158 e. The highest BCUT2D eigenvalue weighted by molar-refractivity contribution is 5.45. The molecule has 0 atom stereocenters. The van der Waals surface area contributed by atoms with Crippen molar-refractivity contribution in [2.75, 3.05) is 0 Å². The first-order chi connectivity index (χ1) is 6.88. The standard InChI is InChI=1S/C12H17N3/c1-8-6-15-7-10(12(3,4)5)14-11(15)9(2)13-8/h6-7H,1-5H3. The number of fused-ring (bicyclic) bond motifs is 1. The van der Waals surface area contributed by atoms with Gasteiger partial charge in [0.2, 0.25) is 0 Å². The predicted octanol–water partition coefficient (Wildman–Crippen LogP) is 2.64. The van der Waals surface area contributed by atoms with Crippen LogP contribution in [0.3, 0.4) is 0 Å². The van der Waals surface area contributed by atoms with E-state index in [1.807, 2.05) is 20.0 Å². The molecule has 0 bridgehead atoms. The van der Waals surface area contributed by atoms with E-state index in [4.69, 9.17) is 0 Å². The first-order valence-electron chi connectivity index (χ1n) is 5.21. The molecular formula is C12H17N3. The van der Waals surface area contributed by atoms with Gasteiger partial charge in [0.25, 0.3) is 0 Å². The monoisotopic (exact) mass is 203 g/mol. The minimum absolute atomic E-state index is 0.0896. The Hall–Kier alpha value is -1.38. The maximum absolute atomic E-state index is 4.63. The Kier molecular flexibility index (Phi) is 2.07. The van der Waals surface area contributed by atoms with Gasteiger partial charge in [-0.2, -0.15) is 0 Å². The predicted molar refractivity (Wildman–Crippen MR) is 61.2 cm³/mol.